The van der Waals surface area contributed by atoms with Crippen molar-refractivity contribution in [2.24, 2.45) is 23.7 Å². The predicted octanol–water partition coefficient (Wildman–Crippen LogP) is 15.7. The van der Waals surface area contributed by atoms with Gasteiger partial charge in [0.15, 0.2) is 0 Å². The van der Waals surface area contributed by atoms with E-state index in [4.69, 9.17) is 0 Å². The Morgan fingerprint density at radius 2 is 0.948 bits per heavy atom. The van der Waals surface area contributed by atoms with Crippen LogP contribution in [0.25, 0.3) is 11.1 Å². The third-order valence-corrected chi connectivity index (χ3v) is 18.2. The minimum absolute atomic E-state index is 0.0837. The molecule has 4 fully saturated rings. The van der Waals surface area contributed by atoms with Crippen molar-refractivity contribution in [3.63, 3.8) is 0 Å². The number of hydrogen-bond acceptors (Lipinski definition) is 2. The first-order valence-electron chi connectivity index (χ1n) is 22.8. The molecule has 0 aromatic heterocycles. The molecule has 7 aliphatic rings. The molecule has 1 aliphatic heterocycles. The predicted molar refractivity (Wildman–Crippen MR) is 246 cm³/mol. The zero-order valence-corrected chi connectivity index (χ0v) is 37.2. The second-order valence-electron chi connectivity index (χ2n) is 22.3. The SMILES string of the molecule is CC1(C)CCC(C)(C)c2cc(N(c3ccc4c(c3)C(C)(C)CCC4(C)C)c3cc4c(cc3-c3ccccc3)C3(c5ccccc5S4)C4CC5CC(C4)CC3C5)ccc21. The Bertz CT molecular complexity index is 2350. The van der Waals surface area contributed by atoms with E-state index in [1.54, 1.807) is 11.1 Å². The largest absolute Gasteiger partial charge is 0.310 e. The molecule has 0 N–H and O–H groups in total. The highest BCUT2D eigenvalue weighted by molar-refractivity contribution is 7.99. The van der Waals surface area contributed by atoms with Gasteiger partial charge >= 0.3 is 0 Å². The lowest BCUT2D eigenvalue weighted by Gasteiger charge is -2.63. The molecule has 12 rings (SSSR count). The van der Waals surface area contributed by atoms with Gasteiger partial charge in [-0.15, -0.1) is 0 Å². The van der Waals surface area contributed by atoms with E-state index in [1.807, 2.05) is 11.8 Å². The molecule has 5 aromatic rings. The maximum atomic E-state index is 2.73. The zero-order valence-electron chi connectivity index (χ0n) is 36.3. The molecule has 6 aliphatic carbocycles. The smallest absolute Gasteiger partial charge is 0.0551 e. The first-order valence-corrected chi connectivity index (χ1v) is 23.6. The van der Waals surface area contributed by atoms with E-state index in [2.05, 4.69) is 163 Å². The number of hydrogen-bond donors (Lipinski definition) is 0. The first-order chi connectivity index (χ1) is 27.7. The minimum Gasteiger partial charge on any atom is -0.310 e. The third kappa shape index (κ3) is 5.41. The van der Waals surface area contributed by atoms with Crippen molar-refractivity contribution in [3.8, 4) is 11.1 Å². The van der Waals surface area contributed by atoms with E-state index in [9.17, 15) is 0 Å². The fourth-order valence-electron chi connectivity index (χ4n) is 13.8. The van der Waals surface area contributed by atoms with Crippen LogP contribution in [0, 0.1) is 23.7 Å². The van der Waals surface area contributed by atoms with Crippen LogP contribution >= 0.6 is 11.8 Å². The summed E-state index contributed by atoms with van der Waals surface area (Å²) in [5.41, 5.74) is 16.5. The van der Waals surface area contributed by atoms with Crippen molar-refractivity contribution in [1.29, 1.82) is 0 Å². The van der Waals surface area contributed by atoms with Crippen LogP contribution in [0.3, 0.4) is 0 Å². The molecule has 298 valence electrons. The lowest BCUT2D eigenvalue weighted by molar-refractivity contribution is -0.0443. The molecular formula is C56H63NS. The summed E-state index contributed by atoms with van der Waals surface area (Å²) in [6, 6.07) is 41.5. The molecule has 0 saturated heterocycles. The van der Waals surface area contributed by atoms with Crippen molar-refractivity contribution in [2.45, 2.75) is 150 Å². The normalized spacial score (nSPS) is 28.6. The number of fused-ring (bicyclic) bond motifs is 4. The molecule has 0 radical (unpaired) electrons. The first kappa shape index (κ1) is 37.3. The summed E-state index contributed by atoms with van der Waals surface area (Å²) in [5.74, 6) is 3.26. The average molecular weight is 782 g/mol. The van der Waals surface area contributed by atoms with Crippen molar-refractivity contribution >= 4 is 28.8 Å². The van der Waals surface area contributed by atoms with Crippen LogP contribution in [0.1, 0.15) is 147 Å². The summed E-state index contributed by atoms with van der Waals surface area (Å²) >= 11 is 2.04. The van der Waals surface area contributed by atoms with Gasteiger partial charge in [0.25, 0.3) is 0 Å². The number of nitrogens with zero attached hydrogens (tertiary/aromatic N) is 1. The molecule has 1 heterocycles. The summed E-state index contributed by atoms with van der Waals surface area (Å²) in [4.78, 5) is 5.65. The summed E-state index contributed by atoms with van der Waals surface area (Å²) in [5, 5.41) is 0. The Morgan fingerprint density at radius 1 is 0.448 bits per heavy atom. The van der Waals surface area contributed by atoms with Crippen molar-refractivity contribution in [2.75, 3.05) is 4.90 Å². The van der Waals surface area contributed by atoms with E-state index < -0.39 is 0 Å². The van der Waals surface area contributed by atoms with Crippen molar-refractivity contribution in [1.82, 2.24) is 0 Å². The van der Waals surface area contributed by atoms with Crippen molar-refractivity contribution in [3.05, 3.63) is 137 Å². The molecule has 0 atom stereocenters. The van der Waals surface area contributed by atoms with Gasteiger partial charge in [0.05, 0.1) is 5.69 Å². The van der Waals surface area contributed by atoms with Gasteiger partial charge in [-0.2, -0.15) is 0 Å². The Morgan fingerprint density at radius 3 is 1.50 bits per heavy atom. The Balaban J connectivity index is 1.20. The Hall–Kier alpha value is -3.75. The van der Waals surface area contributed by atoms with Crippen LogP contribution in [0.2, 0.25) is 0 Å². The van der Waals surface area contributed by atoms with Crippen LogP contribution in [-0.2, 0) is 27.1 Å². The van der Waals surface area contributed by atoms with Crippen LogP contribution < -0.4 is 4.90 Å². The highest BCUT2D eigenvalue weighted by Crippen LogP contribution is 2.69. The fourth-order valence-corrected chi connectivity index (χ4v) is 15.1. The molecule has 0 unspecified atom stereocenters. The molecular weight excluding hydrogens is 719 g/mol. The maximum absolute atomic E-state index is 2.73. The second kappa shape index (κ2) is 12.6. The lowest BCUT2D eigenvalue weighted by Crippen LogP contribution is -2.57. The number of anilines is 3. The van der Waals surface area contributed by atoms with Gasteiger partial charge in [-0.1, -0.05) is 128 Å². The van der Waals surface area contributed by atoms with E-state index in [0.29, 0.717) is 11.8 Å². The highest BCUT2D eigenvalue weighted by atomic mass is 32.2. The fraction of sp³-hybridized carbons (Fsp3) is 0.464. The molecule has 4 bridgehead atoms. The third-order valence-electron chi connectivity index (χ3n) is 17.0. The van der Waals surface area contributed by atoms with E-state index >= 15 is 0 Å². The van der Waals surface area contributed by atoms with Gasteiger partial charge in [0, 0.05) is 32.1 Å². The average Bonchev–Trinajstić information content (AvgIpc) is 3.20. The Kier molecular flexibility index (Phi) is 8.12. The minimum atomic E-state index is 0.0837. The molecule has 1 nitrogen and oxygen atoms in total. The molecule has 0 amide bonds. The van der Waals surface area contributed by atoms with Crippen LogP contribution in [0.4, 0.5) is 17.1 Å². The van der Waals surface area contributed by atoms with Gasteiger partial charge in [-0.3, -0.25) is 0 Å². The van der Waals surface area contributed by atoms with Gasteiger partial charge in [0.1, 0.15) is 0 Å². The van der Waals surface area contributed by atoms with E-state index in [-0.39, 0.29) is 27.1 Å². The van der Waals surface area contributed by atoms with Gasteiger partial charge in [-0.05, 0) is 185 Å². The quantitative estimate of drug-likeness (QED) is 0.179. The molecule has 4 saturated carbocycles. The number of benzene rings is 5. The molecule has 58 heavy (non-hydrogen) atoms. The summed E-state index contributed by atoms with van der Waals surface area (Å²) in [6.45, 7) is 19.7. The van der Waals surface area contributed by atoms with Crippen molar-refractivity contribution < 1.29 is 0 Å². The Labute approximate surface area is 353 Å². The molecule has 1 spiro atoms. The van der Waals surface area contributed by atoms with E-state index in [0.717, 1.165) is 11.8 Å². The molecule has 5 aromatic carbocycles. The standard InChI is InChI=1S/C56H63NS/c1-52(2)22-24-54(5,6)46-31-40(18-20-43(46)52)57(41-19-21-44-47(32-41)55(7,8)25-23-53(44,3)4)49-34-51-48(33-42(49)37-14-10-9-11-15-37)56(45-16-12-13-17-50(45)58-51)38-27-35-26-36(29-38)30-39(56)28-35/h9-21,31-36,38-39H,22-30H2,1-8H3. The van der Waals surface area contributed by atoms with Crippen LogP contribution in [0.5, 0.6) is 0 Å². The van der Waals surface area contributed by atoms with Gasteiger partial charge in [0.2, 0.25) is 0 Å². The summed E-state index contributed by atoms with van der Waals surface area (Å²) in [6.07, 6.45) is 11.9. The van der Waals surface area contributed by atoms with Crippen LogP contribution in [0.15, 0.2) is 113 Å². The van der Waals surface area contributed by atoms with Gasteiger partial charge < -0.3 is 4.90 Å². The van der Waals surface area contributed by atoms with Crippen LogP contribution in [-0.4, -0.2) is 0 Å². The lowest BCUT2D eigenvalue weighted by atomic mass is 9.42. The topological polar surface area (TPSA) is 3.24 Å². The molecule has 2 heteroatoms. The monoisotopic (exact) mass is 781 g/mol. The summed E-state index contributed by atoms with van der Waals surface area (Å²) in [7, 11) is 0. The number of rotatable bonds is 4. The highest BCUT2D eigenvalue weighted by Gasteiger charge is 2.61. The summed E-state index contributed by atoms with van der Waals surface area (Å²) < 4.78 is 0. The van der Waals surface area contributed by atoms with E-state index in [1.165, 1.54) is 118 Å². The maximum Gasteiger partial charge on any atom is 0.0551 e. The zero-order chi connectivity index (χ0) is 40.0. The second-order valence-corrected chi connectivity index (χ2v) is 23.4. The van der Waals surface area contributed by atoms with Gasteiger partial charge in [-0.25, -0.2) is 0 Å².